The predicted molar refractivity (Wildman–Crippen MR) is 111 cm³/mol. The highest BCUT2D eigenvalue weighted by Crippen LogP contribution is 2.23. The number of hydrogen-bond donors (Lipinski definition) is 1. The van der Waals surface area contributed by atoms with Gasteiger partial charge in [-0.15, -0.1) is 0 Å². The number of aromatic nitrogens is 6. The Morgan fingerprint density at radius 3 is 2.97 bits per heavy atom. The van der Waals surface area contributed by atoms with E-state index in [0.717, 1.165) is 29.7 Å². The van der Waals surface area contributed by atoms with Crippen molar-refractivity contribution in [2.24, 2.45) is 7.05 Å². The second-order valence-corrected chi connectivity index (χ2v) is 7.06. The van der Waals surface area contributed by atoms with Gasteiger partial charge >= 0.3 is 0 Å². The first-order chi connectivity index (χ1) is 14.2. The van der Waals surface area contributed by atoms with Crippen LogP contribution in [-0.4, -0.2) is 42.7 Å². The summed E-state index contributed by atoms with van der Waals surface area (Å²) < 4.78 is 9.06. The third-order valence-corrected chi connectivity index (χ3v) is 4.93. The lowest BCUT2D eigenvalue weighted by Gasteiger charge is -2.14. The Labute approximate surface area is 167 Å². The van der Waals surface area contributed by atoms with Gasteiger partial charge in [-0.3, -0.25) is 4.68 Å². The number of rotatable bonds is 5. The molecule has 8 nitrogen and oxygen atoms in total. The van der Waals surface area contributed by atoms with Crippen LogP contribution in [0.2, 0.25) is 0 Å². The average Bonchev–Trinajstić information content (AvgIpc) is 3.35. The molecule has 3 aromatic heterocycles. The average molecular weight is 387 g/mol. The van der Waals surface area contributed by atoms with Gasteiger partial charge in [0.15, 0.2) is 5.65 Å². The monoisotopic (exact) mass is 387 g/mol. The molecular formula is C21H21N7O. The standard InChI is InChI=1S/C21H21N7O/c1-27-14-19(12-23-27)25-21-22-10-18-11-24-28(20(18)26-21)13-15-3-2-4-17(9-15)16-5-7-29-8-6-16/h2-5,9-12,14H,6-8,13H2,1H3,(H,22,25,26). The largest absolute Gasteiger partial charge is 0.377 e. The molecule has 4 heterocycles. The summed E-state index contributed by atoms with van der Waals surface area (Å²) in [6, 6.07) is 8.59. The smallest absolute Gasteiger partial charge is 0.229 e. The third kappa shape index (κ3) is 3.74. The number of fused-ring (bicyclic) bond motifs is 1. The van der Waals surface area contributed by atoms with Gasteiger partial charge in [0.1, 0.15) is 0 Å². The van der Waals surface area contributed by atoms with Crippen molar-refractivity contribution in [3.8, 4) is 0 Å². The number of hydrogen-bond acceptors (Lipinski definition) is 6. The Kier molecular flexibility index (Phi) is 4.53. The van der Waals surface area contributed by atoms with Crippen LogP contribution in [-0.2, 0) is 18.3 Å². The maximum Gasteiger partial charge on any atom is 0.229 e. The van der Waals surface area contributed by atoms with Crippen LogP contribution < -0.4 is 5.32 Å². The Balaban J connectivity index is 1.41. The number of aryl methyl sites for hydroxylation is 1. The van der Waals surface area contributed by atoms with Gasteiger partial charge in [-0.2, -0.15) is 15.2 Å². The first kappa shape index (κ1) is 17.6. The number of anilines is 2. The van der Waals surface area contributed by atoms with Gasteiger partial charge in [0.05, 0.1) is 43.2 Å². The van der Waals surface area contributed by atoms with E-state index in [1.807, 2.05) is 17.9 Å². The number of benzene rings is 1. The molecule has 0 amide bonds. The van der Waals surface area contributed by atoms with Gasteiger partial charge in [-0.05, 0) is 29.2 Å². The van der Waals surface area contributed by atoms with Crippen molar-refractivity contribution in [2.75, 3.05) is 18.5 Å². The Morgan fingerprint density at radius 2 is 2.14 bits per heavy atom. The Morgan fingerprint density at radius 1 is 1.17 bits per heavy atom. The summed E-state index contributed by atoms with van der Waals surface area (Å²) in [5.74, 6) is 0.522. The maximum absolute atomic E-state index is 5.42. The molecule has 5 rings (SSSR count). The molecule has 0 fully saturated rings. The van der Waals surface area contributed by atoms with Crippen molar-refractivity contribution in [1.29, 1.82) is 0 Å². The van der Waals surface area contributed by atoms with Crippen LogP contribution in [0.1, 0.15) is 17.5 Å². The molecule has 29 heavy (non-hydrogen) atoms. The highest BCUT2D eigenvalue weighted by Gasteiger charge is 2.10. The van der Waals surface area contributed by atoms with E-state index in [4.69, 9.17) is 4.74 Å². The molecule has 1 aromatic carbocycles. The van der Waals surface area contributed by atoms with E-state index in [1.54, 1.807) is 23.3 Å². The van der Waals surface area contributed by atoms with Gasteiger partial charge in [0.2, 0.25) is 5.95 Å². The minimum absolute atomic E-state index is 0.522. The second kappa shape index (κ2) is 7.48. The molecule has 0 saturated heterocycles. The zero-order chi connectivity index (χ0) is 19.6. The fourth-order valence-corrected chi connectivity index (χ4v) is 3.49. The molecule has 0 atom stereocenters. The highest BCUT2D eigenvalue weighted by molar-refractivity contribution is 5.75. The van der Waals surface area contributed by atoms with Crippen molar-refractivity contribution >= 4 is 28.2 Å². The quantitative estimate of drug-likeness (QED) is 0.566. The summed E-state index contributed by atoms with van der Waals surface area (Å²) in [7, 11) is 1.87. The lowest BCUT2D eigenvalue weighted by Crippen LogP contribution is -2.06. The van der Waals surface area contributed by atoms with E-state index in [9.17, 15) is 0 Å². The number of nitrogens with one attached hydrogen (secondary N) is 1. The van der Waals surface area contributed by atoms with Crippen molar-refractivity contribution in [3.05, 3.63) is 66.3 Å². The van der Waals surface area contributed by atoms with Gasteiger partial charge in [0, 0.05) is 19.4 Å². The van der Waals surface area contributed by atoms with Crippen molar-refractivity contribution in [3.63, 3.8) is 0 Å². The minimum Gasteiger partial charge on any atom is -0.377 e. The molecule has 8 heteroatoms. The molecule has 0 spiro atoms. The van der Waals surface area contributed by atoms with Crippen molar-refractivity contribution in [1.82, 2.24) is 29.5 Å². The van der Waals surface area contributed by atoms with Crippen LogP contribution >= 0.6 is 0 Å². The first-order valence-corrected chi connectivity index (χ1v) is 9.55. The predicted octanol–water partition coefficient (Wildman–Crippen LogP) is 3.16. The van der Waals surface area contributed by atoms with Crippen LogP contribution in [0.4, 0.5) is 11.6 Å². The topological polar surface area (TPSA) is 82.7 Å². The van der Waals surface area contributed by atoms with Crippen LogP contribution in [0.5, 0.6) is 0 Å². The van der Waals surface area contributed by atoms with Crippen molar-refractivity contribution < 1.29 is 4.74 Å². The molecule has 1 aliphatic rings. The summed E-state index contributed by atoms with van der Waals surface area (Å²) in [6.45, 7) is 2.11. The molecule has 1 aliphatic heterocycles. The second-order valence-electron chi connectivity index (χ2n) is 7.06. The fraction of sp³-hybridized carbons (Fsp3) is 0.238. The molecule has 0 radical (unpaired) electrons. The van der Waals surface area contributed by atoms with E-state index >= 15 is 0 Å². The fourth-order valence-electron chi connectivity index (χ4n) is 3.49. The van der Waals surface area contributed by atoms with Gasteiger partial charge in [-0.25, -0.2) is 9.67 Å². The van der Waals surface area contributed by atoms with E-state index < -0.39 is 0 Å². The maximum atomic E-state index is 5.42. The highest BCUT2D eigenvalue weighted by atomic mass is 16.5. The van der Waals surface area contributed by atoms with E-state index in [-0.39, 0.29) is 0 Å². The molecule has 4 aromatic rings. The van der Waals surface area contributed by atoms with E-state index in [2.05, 4.69) is 55.8 Å². The summed E-state index contributed by atoms with van der Waals surface area (Å²) in [4.78, 5) is 9.04. The third-order valence-electron chi connectivity index (χ3n) is 4.93. The van der Waals surface area contributed by atoms with E-state index in [0.29, 0.717) is 19.1 Å². The SMILES string of the molecule is Cn1cc(Nc2ncc3cnn(Cc4cccc(C5=CCOCC5)c4)c3n2)cn1. The number of ether oxygens (including phenoxy) is 1. The summed E-state index contributed by atoms with van der Waals surface area (Å²) in [5, 5.41) is 12.8. The van der Waals surface area contributed by atoms with Gasteiger partial charge in [0.25, 0.3) is 0 Å². The minimum atomic E-state index is 0.522. The van der Waals surface area contributed by atoms with Gasteiger partial charge in [-0.1, -0.05) is 24.3 Å². The molecule has 0 aliphatic carbocycles. The van der Waals surface area contributed by atoms with Gasteiger partial charge < -0.3 is 10.1 Å². The van der Waals surface area contributed by atoms with Crippen molar-refractivity contribution in [2.45, 2.75) is 13.0 Å². The lowest BCUT2D eigenvalue weighted by molar-refractivity contribution is 0.161. The molecule has 0 unspecified atom stereocenters. The van der Waals surface area contributed by atoms with Crippen LogP contribution in [0.3, 0.4) is 0 Å². The molecule has 0 bridgehead atoms. The Hall–Kier alpha value is -3.52. The molecule has 0 saturated carbocycles. The van der Waals surface area contributed by atoms with E-state index in [1.165, 1.54) is 16.7 Å². The van der Waals surface area contributed by atoms with Crippen LogP contribution in [0.25, 0.3) is 16.6 Å². The van der Waals surface area contributed by atoms with Crippen LogP contribution in [0.15, 0.2) is 55.1 Å². The normalized spacial score (nSPS) is 14.2. The Bertz CT molecular complexity index is 1190. The zero-order valence-corrected chi connectivity index (χ0v) is 16.1. The van der Waals surface area contributed by atoms with Crippen LogP contribution in [0, 0.1) is 0 Å². The first-order valence-electron chi connectivity index (χ1n) is 9.55. The summed E-state index contributed by atoms with van der Waals surface area (Å²) in [6.07, 6.45) is 10.3. The number of nitrogens with zero attached hydrogens (tertiary/aromatic N) is 6. The summed E-state index contributed by atoms with van der Waals surface area (Å²) in [5.41, 5.74) is 5.40. The lowest BCUT2D eigenvalue weighted by atomic mass is 9.99. The zero-order valence-electron chi connectivity index (χ0n) is 16.1. The molecule has 1 N–H and O–H groups in total. The summed E-state index contributed by atoms with van der Waals surface area (Å²) >= 11 is 0. The molecule has 146 valence electrons. The molecular weight excluding hydrogens is 366 g/mol.